The van der Waals surface area contributed by atoms with Crippen molar-refractivity contribution in [2.45, 2.75) is 44.4 Å². The minimum absolute atomic E-state index is 0.00189. The second-order valence-electron chi connectivity index (χ2n) is 5.69. The number of hydrogen-bond acceptors (Lipinski definition) is 5. The van der Waals surface area contributed by atoms with E-state index in [1.54, 1.807) is 19.9 Å². The molecule has 0 aliphatic carbocycles. The summed E-state index contributed by atoms with van der Waals surface area (Å²) in [5.74, 6) is 0.123. The summed E-state index contributed by atoms with van der Waals surface area (Å²) >= 11 is 5.97. The number of nitrogens with zero attached hydrogens (tertiary/aromatic N) is 3. The number of rotatable bonds is 7. The summed E-state index contributed by atoms with van der Waals surface area (Å²) in [6.45, 7) is 3.39. The van der Waals surface area contributed by atoms with Crippen molar-refractivity contribution in [2.24, 2.45) is 0 Å². The smallest absolute Gasteiger partial charge is 0.422 e. The van der Waals surface area contributed by atoms with Crippen LogP contribution in [0.3, 0.4) is 0 Å². The second kappa shape index (κ2) is 8.03. The maximum Gasteiger partial charge on any atom is 0.422 e. The minimum atomic E-state index is -4.53. The van der Waals surface area contributed by atoms with Gasteiger partial charge in [-0.1, -0.05) is 22.8 Å². The van der Waals surface area contributed by atoms with Gasteiger partial charge in [0.25, 0.3) is 0 Å². The predicted octanol–water partition coefficient (Wildman–Crippen LogP) is 3.24. The zero-order valence-corrected chi connectivity index (χ0v) is 16.3. The van der Waals surface area contributed by atoms with Crippen LogP contribution in [0.25, 0.3) is 0 Å². The van der Waals surface area contributed by atoms with E-state index in [1.165, 1.54) is 23.6 Å². The molecule has 1 aromatic carbocycles. The third kappa shape index (κ3) is 5.11. The molecule has 2 aromatic rings. The Balaban J connectivity index is 2.26. The molecule has 0 fully saturated rings. The fourth-order valence-electron chi connectivity index (χ4n) is 2.40. The van der Waals surface area contributed by atoms with E-state index in [1.807, 2.05) is 0 Å². The molecule has 0 radical (unpaired) electrons. The summed E-state index contributed by atoms with van der Waals surface area (Å²) in [4.78, 5) is -0.00189. The summed E-state index contributed by atoms with van der Waals surface area (Å²) in [5.41, 5.74) is 0.380. The molecule has 1 heterocycles. The van der Waals surface area contributed by atoms with Crippen molar-refractivity contribution in [3.05, 3.63) is 34.6 Å². The summed E-state index contributed by atoms with van der Waals surface area (Å²) in [7, 11) is -3.95. The zero-order valence-electron chi connectivity index (χ0n) is 14.7. The van der Waals surface area contributed by atoms with Gasteiger partial charge in [0.15, 0.2) is 12.4 Å². The van der Waals surface area contributed by atoms with Crippen LogP contribution < -0.4 is 9.46 Å². The lowest BCUT2D eigenvalue weighted by molar-refractivity contribution is -0.155. The quantitative estimate of drug-likeness (QED) is 0.734. The number of benzene rings is 1. The lowest BCUT2D eigenvalue weighted by atomic mass is 10.2. The highest BCUT2D eigenvalue weighted by atomic mass is 35.5. The first-order valence-corrected chi connectivity index (χ1v) is 9.72. The van der Waals surface area contributed by atoms with Gasteiger partial charge in [-0.3, -0.25) is 4.57 Å². The van der Waals surface area contributed by atoms with Gasteiger partial charge in [0.2, 0.25) is 10.0 Å². The molecule has 1 atom stereocenters. The van der Waals surface area contributed by atoms with E-state index in [4.69, 9.17) is 11.6 Å². The van der Waals surface area contributed by atoms with Crippen LogP contribution in [0.2, 0.25) is 5.02 Å². The van der Waals surface area contributed by atoms with E-state index in [9.17, 15) is 21.6 Å². The normalized spacial score (nSPS) is 13.6. The summed E-state index contributed by atoms with van der Waals surface area (Å²) in [6.07, 6.45) is -4.53. The predicted molar refractivity (Wildman–Crippen MR) is 92.2 cm³/mol. The van der Waals surface area contributed by atoms with Crippen molar-refractivity contribution in [2.75, 3.05) is 6.61 Å². The third-order valence-electron chi connectivity index (χ3n) is 3.65. The van der Waals surface area contributed by atoms with E-state index < -0.39 is 28.8 Å². The van der Waals surface area contributed by atoms with Crippen LogP contribution in [-0.2, 0) is 16.6 Å². The molecule has 7 nitrogen and oxygen atoms in total. The number of nitrogens with one attached hydrogen (secondary N) is 1. The first-order chi connectivity index (χ1) is 12.5. The molecule has 12 heteroatoms. The lowest BCUT2D eigenvalue weighted by Gasteiger charge is -2.16. The van der Waals surface area contributed by atoms with Crippen molar-refractivity contribution in [1.29, 1.82) is 0 Å². The Morgan fingerprint density at radius 3 is 2.59 bits per heavy atom. The average Bonchev–Trinajstić information content (AvgIpc) is 2.97. The fourth-order valence-corrected chi connectivity index (χ4v) is 4.10. The molecule has 1 N–H and O–H groups in total. The molecule has 27 heavy (non-hydrogen) atoms. The van der Waals surface area contributed by atoms with Gasteiger partial charge < -0.3 is 4.74 Å². The lowest BCUT2D eigenvalue weighted by Crippen LogP contribution is -2.29. The van der Waals surface area contributed by atoms with Crippen LogP contribution >= 0.6 is 11.6 Å². The third-order valence-corrected chi connectivity index (χ3v) is 5.75. The SMILES string of the molecule is CCn1c(OCC(F)(F)F)nnc1[C@@H](C)NS(=O)(=O)c1cccc(Cl)c1C. The Hall–Kier alpha value is -1.85. The molecule has 150 valence electrons. The highest BCUT2D eigenvalue weighted by Gasteiger charge is 2.31. The number of ether oxygens (including phenoxy) is 1. The Morgan fingerprint density at radius 2 is 2.00 bits per heavy atom. The van der Waals surface area contributed by atoms with Crippen LogP contribution in [0.4, 0.5) is 13.2 Å². The summed E-state index contributed by atoms with van der Waals surface area (Å²) in [6, 6.07) is 3.27. The molecule has 0 amide bonds. The molecule has 0 saturated heterocycles. The Kier molecular flexibility index (Phi) is 6.38. The van der Waals surface area contributed by atoms with E-state index in [-0.39, 0.29) is 23.3 Å². The van der Waals surface area contributed by atoms with Crippen LogP contribution in [-0.4, -0.2) is 36.0 Å². The van der Waals surface area contributed by atoms with Crippen LogP contribution in [0.1, 0.15) is 31.3 Å². The maximum absolute atomic E-state index is 12.6. The highest BCUT2D eigenvalue weighted by molar-refractivity contribution is 7.89. The number of hydrogen-bond donors (Lipinski definition) is 1. The van der Waals surface area contributed by atoms with Crippen LogP contribution in [0.5, 0.6) is 6.01 Å². The van der Waals surface area contributed by atoms with Gasteiger partial charge in [0.1, 0.15) is 0 Å². The summed E-state index contributed by atoms with van der Waals surface area (Å²) < 4.78 is 70.6. The number of aromatic nitrogens is 3. The standard InChI is InChI=1S/C15H18ClF3N4O3S/c1-4-23-13(20-21-14(23)26-8-15(17,18)19)10(3)22-27(24,25)12-7-5-6-11(16)9(12)2/h5-7,10,22H,4,8H2,1-3H3/t10-/m1/s1. The van der Waals surface area contributed by atoms with Gasteiger partial charge in [-0.05, 0) is 38.5 Å². The van der Waals surface area contributed by atoms with E-state index in [0.29, 0.717) is 10.6 Å². The molecular weight excluding hydrogens is 409 g/mol. The molecule has 0 saturated carbocycles. The Morgan fingerprint density at radius 1 is 1.33 bits per heavy atom. The highest BCUT2D eigenvalue weighted by Crippen LogP contribution is 2.25. The van der Waals surface area contributed by atoms with Gasteiger partial charge in [0.05, 0.1) is 10.9 Å². The topological polar surface area (TPSA) is 86.1 Å². The van der Waals surface area contributed by atoms with Gasteiger partial charge in [-0.25, -0.2) is 13.1 Å². The van der Waals surface area contributed by atoms with Crippen molar-refractivity contribution >= 4 is 21.6 Å². The van der Waals surface area contributed by atoms with Crippen LogP contribution in [0, 0.1) is 6.92 Å². The zero-order chi connectivity index (χ0) is 20.4. The monoisotopic (exact) mass is 426 g/mol. The van der Waals surface area contributed by atoms with Gasteiger partial charge in [-0.15, -0.1) is 5.10 Å². The molecule has 2 rings (SSSR count). The molecule has 0 bridgehead atoms. The van der Waals surface area contributed by atoms with E-state index in [0.717, 1.165) is 0 Å². The molecule has 0 aliphatic rings. The van der Waals surface area contributed by atoms with Crippen molar-refractivity contribution < 1.29 is 26.3 Å². The maximum atomic E-state index is 12.6. The number of halogens is 4. The van der Waals surface area contributed by atoms with Gasteiger partial charge >= 0.3 is 12.2 Å². The Bertz CT molecular complexity index is 916. The molecular formula is C15H18ClF3N4O3S. The first kappa shape index (κ1) is 21.5. The Labute approximate surface area is 159 Å². The number of alkyl halides is 3. The number of sulfonamides is 1. The molecule has 1 aromatic heterocycles. The first-order valence-electron chi connectivity index (χ1n) is 7.86. The van der Waals surface area contributed by atoms with E-state index >= 15 is 0 Å². The fraction of sp³-hybridized carbons (Fsp3) is 0.467. The molecule has 0 unspecified atom stereocenters. The van der Waals surface area contributed by atoms with Crippen molar-refractivity contribution in [3.63, 3.8) is 0 Å². The van der Waals surface area contributed by atoms with E-state index in [2.05, 4.69) is 19.7 Å². The second-order valence-corrected chi connectivity index (χ2v) is 7.78. The van der Waals surface area contributed by atoms with Crippen molar-refractivity contribution in [1.82, 2.24) is 19.5 Å². The molecule has 0 aliphatic heterocycles. The summed E-state index contributed by atoms with van der Waals surface area (Å²) in [5, 5.41) is 7.65. The van der Waals surface area contributed by atoms with Crippen molar-refractivity contribution in [3.8, 4) is 6.01 Å². The average molecular weight is 427 g/mol. The minimum Gasteiger partial charge on any atom is -0.454 e. The van der Waals surface area contributed by atoms with Gasteiger partial charge in [0, 0.05) is 11.6 Å². The van der Waals surface area contributed by atoms with Crippen LogP contribution in [0.15, 0.2) is 23.1 Å². The van der Waals surface area contributed by atoms with Gasteiger partial charge in [-0.2, -0.15) is 13.2 Å². The molecule has 0 spiro atoms. The largest absolute Gasteiger partial charge is 0.454 e.